The molecule has 1 aromatic carbocycles. The van der Waals surface area contributed by atoms with Crippen molar-refractivity contribution >= 4 is 23.3 Å². The lowest BCUT2D eigenvalue weighted by molar-refractivity contribution is -0.165. The van der Waals surface area contributed by atoms with Crippen molar-refractivity contribution in [3.63, 3.8) is 0 Å². The van der Waals surface area contributed by atoms with Crippen LogP contribution < -0.4 is 5.32 Å². The predicted octanol–water partition coefficient (Wildman–Crippen LogP) is 2.95. The molecule has 2 bridgehead atoms. The van der Waals surface area contributed by atoms with Crippen molar-refractivity contribution in [3.8, 4) is 0 Å². The van der Waals surface area contributed by atoms with Crippen molar-refractivity contribution in [1.29, 1.82) is 0 Å². The molecule has 3 rings (SSSR count). The van der Waals surface area contributed by atoms with Crippen molar-refractivity contribution in [2.45, 2.75) is 46.1 Å². The number of fused-ring (bicyclic) bond motifs is 2. The zero-order chi connectivity index (χ0) is 17.0. The van der Waals surface area contributed by atoms with Gasteiger partial charge in [-0.3, -0.25) is 14.4 Å². The van der Waals surface area contributed by atoms with Gasteiger partial charge in [0.25, 0.3) is 5.91 Å². The smallest absolute Gasteiger partial charge is 0.313 e. The predicted molar refractivity (Wildman–Crippen MR) is 85.0 cm³/mol. The summed E-state index contributed by atoms with van der Waals surface area (Å²) >= 11 is 0. The zero-order valence-corrected chi connectivity index (χ0v) is 13.9. The molecule has 1 aliphatic heterocycles. The van der Waals surface area contributed by atoms with Crippen LogP contribution in [0.25, 0.3) is 0 Å². The SMILES string of the molecule is CC(=O)c1cccc(NC(=O)[C@@]23CC[C@@](C)(C(=O)O2)C3(C)C)c1. The van der Waals surface area contributed by atoms with E-state index in [1.807, 2.05) is 20.8 Å². The molecule has 23 heavy (non-hydrogen) atoms. The fraction of sp³-hybridized carbons (Fsp3) is 0.500. The van der Waals surface area contributed by atoms with Crippen LogP contribution in [0.4, 0.5) is 5.69 Å². The fourth-order valence-corrected chi connectivity index (χ4v) is 3.80. The maximum Gasteiger partial charge on any atom is 0.313 e. The Morgan fingerprint density at radius 3 is 2.39 bits per heavy atom. The van der Waals surface area contributed by atoms with Crippen LogP contribution in [0.15, 0.2) is 24.3 Å². The molecule has 5 heteroatoms. The third-order valence-electron chi connectivity index (χ3n) is 5.98. The largest absolute Gasteiger partial charge is 0.448 e. The molecule has 1 amide bonds. The van der Waals surface area contributed by atoms with Crippen molar-refractivity contribution in [3.05, 3.63) is 29.8 Å². The molecule has 1 N–H and O–H groups in total. The second kappa shape index (κ2) is 4.66. The van der Waals surface area contributed by atoms with Gasteiger partial charge in [-0.1, -0.05) is 26.0 Å². The molecule has 1 saturated carbocycles. The highest BCUT2D eigenvalue weighted by Crippen LogP contribution is 2.65. The van der Waals surface area contributed by atoms with E-state index in [2.05, 4.69) is 5.32 Å². The number of benzene rings is 1. The summed E-state index contributed by atoms with van der Waals surface area (Å²) in [5.41, 5.74) is -1.31. The van der Waals surface area contributed by atoms with Crippen LogP contribution in [-0.4, -0.2) is 23.3 Å². The maximum atomic E-state index is 12.9. The van der Waals surface area contributed by atoms with E-state index >= 15 is 0 Å². The summed E-state index contributed by atoms with van der Waals surface area (Å²) in [5.74, 6) is -0.695. The van der Waals surface area contributed by atoms with Crippen molar-refractivity contribution < 1.29 is 19.1 Å². The molecular formula is C18H21NO4. The van der Waals surface area contributed by atoms with Gasteiger partial charge >= 0.3 is 5.97 Å². The van der Waals surface area contributed by atoms with E-state index in [1.54, 1.807) is 24.3 Å². The first-order chi connectivity index (χ1) is 10.6. The number of carbonyl (C=O) groups excluding carboxylic acids is 3. The Bertz CT molecular complexity index is 723. The number of amides is 1. The number of hydrogen-bond acceptors (Lipinski definition) is 4. The van der Waals surface area contributed by atoms with Gasteiger partial charge in [-0.2, -0.15) is 0 Å². The van der Waals surface area contributed by atoms with Gasteiger partial charge in [0.05, 0.1) is 5.41 Å². The number of Topliss-reactive ketones (excluding diaryl/α,β-unsaturated/α-hetero) is 1. The number of ketones is 1. The van der Waals surface area contributed by atoms with E-state index in [1.165, 1.54) is 6.92 Å². The number of nitrogens with one attached hydrogen (secondary N) is 1. The number of esters is 1. The highest BCUT2D eigenvalue weighted by molar-refractivity contribution is 6.04. The molecule has 2 fully saturated rings. The van der Waals surface area contributed by atoms with Gasteiger partial charge in [0.2, 0.25) is 0 Å². The van der Waals surface area contributed by atoms with E-state index < -0.39 is 16.4 Å². The summed E-state index contributed by atoms with van der Waals surface area (Å²) in [5, 5.41) is 2.82. The minimum absolute atomic E-state index is 0.0691. The Morgan fingerprint density at radius 1 is 1.17 bits per heavy atom. The summed E-state index contributed by atoms with van der Waals surface area (Å²) in [6.45, 7) is 7.17. The Labute approximate surface area is 135 Å². The molecule has 5 nitrogen and oxygen atoms in total. The zero-order valence-electron chi connectivity index (χ0n) is 13.9. The first kappa shape index (κ1) is 15.7. The molecule has 2 atom stereocenters. The van der Waals surface area contributed by atoms with Gasteiger partial charge in [0, 0.05) is 16.7 Å². The number of hydrogen-bond donors (Lipinski definition) is 1. The summed E-state index contributed by atoms with van der Waals surface area (Å²) in [7, 11) is 0. The van der Waals surface area contributed by atoms with Gasteiger partial charge in [0.1, 0.15) is 0 Å². The van der Waals surface area contributed by atoms with Gasteiger partial charge in [-0.05, 0) is 38.8 Å². The molecule has 0 aromatic heterocycles. The first-order valence-electron chi connectivity index (χ1n) is 7.80. The van der Waals surface area contributed by atoms with Gasteiger partial charge in [-0.25, -0.2) is 0 Å². The first-order valence-corrected chi connectivity index (χ1v) is 7.80. The number of carbonyl (C=O) groups is 3. The minimum atomic E-state index is -1.15. The summed E-state index contributed by atoms with van der Waals surface area (Å²) in [6.07, 6.45) is 1.15. The fourth-order valence-electron chi connectivity index (χ4n) is 3.80. The van der Waals surface area contributed by atoms with Crippen molar-refractivity contribution in [2.24, 2.45) is 10.8 Å². The summed E-state index contributed by atoms with van der Waals surface area (Å²) < 4.78 is 5.56. The highest BCUT2D eigenvalue weighted by atomic mass is 16.6. The standard InChI is InChI=1S/C18H21NO4/c1-11(20)12-6-5-7-13(10-12)19-14(21)18-9-8-17(4,15(22)23-18)16(18,2)3/h5-7,10H,8-9H2,1-4H3,(H,19,21)/t17-,18+/m0/s1. The third-order valence-corrected chi connectivity index (χ3v) is 5.98. The monoisotopic (exact) mass is 315 g/mol. The van der Waals surface area contributed by atoms with Crippen molar-refractivity contribution in [1.82, 2.24) is 0 Å². The number of anilines is 1. The summed E-state index contributed by atoms with van der Waals surface area (Å²) in [4.78, 5) is 36.6. The summed E-state index contributed by atoms with van der Waals surface area (Å²) in [6, 6.07) is 6.77. The lowest BCUT2D eigenvalue weighted by atomic mass is 9.66. The highest BCUT2D eigenvalue weighted by Gasteiger charge is 2.75. The number of rotatable bonds is 3. The van der Waals surface area contributed by atoms with Crippen LogP contribution in [0, 0.1) is 10.8 Å². The van der Waals surface area contributed by atoms with Gasteiger partial charge in [0.15, 0.2) is 11.4 Å². The maximum absolute atomic E-state index is 12.9. The molecule has 0 spiro atoms. The Balaban J connectivity index is 1.91. The second-order valence-corrected chi connectivity index (χ2v) is 7.26. The van der Waals surface area contributed by atoms with Crippen LogP contribution in [0.3, 0.4) is 0 Å². The number of ether oxygens (including phenoxy) is 1. The van der Waals surface area contributed by atoms with Crippen LogP contribution in [0.2, 0.25) is 0 Å². The lowest BCUT2D eigenvalue weighted by Gasteiger charge is -2.35. The molecule has 1 heterocycles. The van der Waals surface area contributed by atoms with Crippen LogP contribution in [0.5, 0.6) is 0 Å². The van der Waals surface area contributed by atoms with E-state index in [-0.39, 0.29) is 17.7 Å². The average Bonchev–Trinajstić information content (AvgIpc) is 2.78. The lowest BCUT2D eigenvalue weighted by Crippen LogP contribution is -2.50. The molecule has 1 saturated heterocycles. The van der Waals surface area contributed by atoms with Gasteiger partial charge < -0.3 is 10.1 Å². The minimum Gasteiger partial charge on any atom is -0.448 e. The Morgan fingerprint density at radius 2 is 1.87 bits per heavy atom. The van der Waals surface area contributed by atoms with E-state index in [9.17, 15) is 14.4 Å². The molecule has 122 valence electrons. The Hall–Kier alpha value is -2.17. The molecule has 0 unspecified atom stereocenters. The average molecular weight is 315 g/mol. The Kier molecular flexibility index (Phi) is 3.19. The topological polar surface area (TPSA) is 72.5 Å². The van der Waals surface area contributed by atoms with E-state index in [4.69, 9.17) is 4.74 Å². The van der Waals surface area contributed by atoms with Crippen LogP contribution >= 0.6 is 0 Å². The molecule has 1 aliphatic carbocycles. The molecule has 2 aliphatic rings. The third kappa shape index (κ3) is 1.89. The quantitative estimate of drug-likeness (QED) is 0.687. The van der Waals surface area contributed by atoms with E-state index in [0.29, 0.717) is 24.1 Å². The van der Waals surface area contributed by atoms with Crippen LogP contribution in [-0.2, 0) is 14.3 Å². The molecule has 0 radical (unpaired) electrons. The second-order valence-electron chi connectivity index (χ2n) is 7.26. The molecular weight excluding hydrogens is 294 g/mol. The van der Waals surface area contributed by atoms with Crippen molar-refractivity contribution in [2.75, 3.05) is 5.32 Å². The van der Waals surface area contributed by atoms with Crippen LogP contribution in [0.1, 0.15) is 50.9 Å². The molecule has 1 aromatic rings. The van der Waals surface area contributed by atoms with Gasteiger partial charge in [-0.15, -0.1) is 0 Å². The van der Waals surface area contributed by atoms with E-state index in [0.717, 1.165) is 0 Å². The normalized spacial score (nSPS) is 30.9.